The predicted molar refractivity (Wildman–Crippen MR) is 84.7 cm³/mol. The largest absolute Gasteiger partial charge is 0.416 e. The van der Waals surface area contributed by atoms with Gasteiger partial charge in [0.2, 0.25) is 0 Å². The number of amides is 1. The summed E-state index contributed by atoms with van der Waals surface area (Å²) in [6.07, 6.45) is -0.000981. The molecule has 0 spiro atoms. The molecule has 0 unspecified atom stereocenters. The van der Waals surface area contributed by atoms with Crippen LogP contribution in [0.4, 0.5) is 13.2 Å². The Labute approximate surface area is 143 Å². The van der Waals surface area contributed by atoms with Crippen LogP contribution in [-0.4, -0.2) is 51.9 Å². The summed E-state index contributed by atoms with van der Waals surface area (Å²) in [5.74, 6) is -0.205. The van der Waals surface area contributed by atoms with E-state index in [2.05, 4.69) is 9.97 Å². The van der Waals surface area contributed by atoms with Gasteiger partial charge in [-0.2, -0.15) is 13.2 Å². The number of hydrogen-bond acceptors (Lipinski definition) is 4. The summed E-state index contributed by atoms with van der Waals surface area (Å²) < 4.78 is 39.2. The highest BCUT2D eigenvalue weighted by molar-refractivity contribution is 5.92. The number of carbonyl (C=O) groups excluding carboxylic acids is 1. The van der Waals surface area contributed by atoms with E-state index < -0.39 is 11.7 Å². The van der Waals surface area contributed by atoms with Crippen molar-refractivity contribution in [3.05, 3.63) is 59.7 Å². The molecule has 132 valence electrons. The predicted octanol–water partition coefficient (Wildman–Crippen LogP) is 2.45. The molecule has 0 aliphatic carbocycles. The quantitative estimate of drug-likeness (QED) is 0.853. The number of carbonyl (C=O) groups is 1. The first-order chi connectivity index (χ1) is 11.9. The maximum Gasteiger partial charge on any atom is 0.416 e. The molecule has 0 atom stereocenters. The summed E-state index contributed by atoms with van der Waals surface area (Å²) in [7, 11) is 0. The molecule has 0 N–H and O–H groups in total. The highest BCUT2D eigenvalue weighted by atomic mass is 19.4. The smallest absolute Gasteiger partial charge is 0.335 e. The number of benzene rings is 1. The van der Waals surface area contributed by atoms with Gasteiger partial charge in [-0.25, -0.2) is 4.98 Å². The summed E-state index contributed by atoms with van der Waals surface area (Å²) in [5, 5.41) is 0. The van der Waals surface area contributed by atoms with E-state index in [4.69, 9.17) is 0 Å². The average Bonchev–Trinajstić information content (AvgIpc) is 2.62. The maximum atomic E-state index is 13.1. The van der Waals surface area contributed by atoms with E-state index in [-0.39, 0.29) is 23.7 Å². The molecule has 3 rings (SSSR count). The van der Waals surface area contributed by atoms with Gasteiger partial charge in [-0.15, -0.1) is 0 Å². The second-order valence-electron chi connectivity index (χ2n) is 5.81. The monoisotopic (exact) mass is 350 g/mol. The fourth-order valence-electron chi connectivity index (χ4n) is 2.86. The topological polar surface area (TPSA) is 49.3 Å². The van der Waals surface area contributed by atoms with Crippen LogP contribution in [0.15, 0.2) is 42.9 Å². The lowest BCUT2D eigenvalue weighted by Gasteiger charge is -2.34. The molecule has 5 nitrogen and oxygen atoms in total. The van der Waals surface area contributed by atoms with Crippen LogP contribution in [0.25, 0.3) is 0 Å². The van der Waals surface area contributed by atoms with Crippen molar-refractivity contribution in [2.24, 2.45) is 0 Å². The normalized spacial score (nSPS) is 16.0. The number of nitrogens with zero attached hydrogens (tertiary/aromatic N) is 4. The van der Waals surface area contributed by atoms with Crippen molar-refractivity contribution in [2.75, 3.05) is 26.2 Å². The maximum absolute atomic E-state index is 13.1. The van der Waals surface area contributed by atoms with Gasteiger partial charge < -0.3 is 4.90 Å². The van der Waals surface area contributed by atoms with Gasteiger partial charge in [-0.1, -0.05) is 18.2 Å². The zero-order valence-electron chi connectivity index (χ0n) is 13.4. The van der Waals surface area contributed by atoms with Crippen LogP contribution < -0.4 is 0 Å². The van der Waals surface area contributed by atoms with Crippen LogP contribution in [-0.2, 0) is 12.7 Å². The van der Waals surface area contributed by atoms with Gasteiger partial charge in [0.1, 0.15) is 5.69 Å². The second kappa shape index (κ2) is 7.18. The van der Waals surface area contributed by atoms with E-state index >= 15 is 0 Å². The Bertz CT molecular complexity index is 728. The van der Waals surface area contributed by atoms with E-state index in [1.165, 1.54) is 30.7 Å². The first kappa shape index (κ1) is 17.3. The summed E-state index contributed by atoms with van der Waals surface area (Å²) in [4.78, 5) is 23.7. The molecular formula is C17H17F3N4O. The van der Waals surface area contributed by atoms with Gasteiger partial charge in [0.15, 0.2) is 0 Å². The second-order valence-corrected chi connectivity index (χ2v) is 5.81. The molecule has 25 heavy (non-hydrogen) atoms. The third kappa shape index (κ3) is 4.14. The van der Waals surface area contributed by atoms with Crippen LogP contribution in [0.3, 0.4) is 0 Å². The van der Waals surface area contributed by atoms with Crippen LogP contribution in [0.5, 0.6) is 0 Å². The minimum Gasteiger partial charge on any atom is -0.335 e. The van der Waals surface area contributed by atoms with E-state index in [9.17, 15) is 18.0 Å². The Morgan fingerprint density at radius 3 is 2.44 bits per heavy atom. The Morgan fingerprint density at radius 1 is 1.08 bits per heavy atom. The fraction of sp³-hybridized carbons (Fsp3) is 0.353. The highest BCUT2D eigenvalue weighted by Crippen LogP contribution is 2.32. The van der Waals surface area contributed by atoms with Crippen LogP contribution >= 0.6 is 0 Å². The highest BCUT2D eigenvalue weighted by Gasteiger charge is 2.33. The lowest BCUT2D eigenvalue weighted by molar-refractivity contribution is -0.138. The Kier molecular flexibility index (Phi) is 4.98. The van der Waals surface area contributed by atoms with E-state index in [0.717, 1.165) is 6.07 Å². The van der Waals surface area contributed by atoms with Gasteiger partial charge in [-0.3, -0.25) is 14.7 Å². The lowest BCUT2D eigenvalue weighted by Crippen LogP contribution is -2.48. The molecule has 1 aliphatic rings. The van der Waals surface area contributed by atoms with Gasteiger partial charge in [0, 0.05) is 45.1 Å². The zero-order chi connectivity index (χ0) is 17.9. The first-order valence-electron chi connectivity index (χ1n) is 7.88. The standard InChI is InChI=1S/C17H17F3N4O/c18-17(19,20)14-4-2-1-3-13(14)12-23-7-9-24(10-8-23)16(25)15-11-21-5-6-22-15/h1-6,11H,7-10,12H2. The number of rotatable bonds is 3. The van der Waals surface area contributed by atoms with Crippen molar-refractivity contribution < 1.29 is 18.0 Å². The molecule has 2 heterocycles. The van der Waals surface area contributed by atoms with Crippen molar-refractivity contribution >= 4 is 5.91 Å². The van der Waals surface area contributed by atoms with Crippen molar-refractivity contribution in [1.82, 2.24) is 19.8 Å². The molecule has 8 heteroatoms. The summed E-state index contributed by atoms with van der Waals surface area (Å²) >= 11 is 0. The number of alkyl halides is 3. The summed E-state index contributed by atoms with van der Waals surface area (Å²) in [5.41, 5.74) is -0.0739. The van der Waals surface area contributed by atoms with E-state index in [1.54, 1.807) is 11.0 Å². The van der Waals surface area contributed by atoms with Crippen molar-refractivity contribution in [2.45, 2.75) is 12.7 Å². The average molecular weight is 350 g/mol. The number of piperazine rings is 1. The van der Waals surface area contributed by atoms with Crippen LogP contribution in [0, 0.1) is 0 Å². The molecule has 1 saturated heterocycles. The third-order valence-electron chi connectivity index (χ3n) is 4.16. The van der Waals surface area contributed by atoms with Crippen LogP contribution in [0.2, 0.25) is 0 Å². The molecule has 0 radical (unpaired) electrons. The SMILES string of the molecule is O=C(c1cnccn1)N1CCN(Cc2ccccc2C(F)(F)F)CC1. The van der Waals surface area contributed by atoms with Crippen molar-refractivity contribution in [3.8, 4) is 0 Å². The first-order valence-corrected chi connectivity index (χ1v) is 7.88. The van der Waals surface area contributed by atoms with Gasteiger partial charge >= 0.3 is 6.18 Å². The Hall–Kier alpha value is -2.48. The zero-order valence-corrected chi connectivity index (χ0v) is 13.4. The molecule has 0 saturated carbocycles. The van der Waals surface area contributed by atoms with E-state index in [1.807, 2.05) is 4.90 Å². The number of aromatic nitrogens is 2. The molecule has 1 aliphatic heterocycles. The minimum absolute atomic E-state index is 0.205. The molecule has 1 fully saturated rings. The minimum atomic E-state index is -4.36. The van der Waals surface area contributed by atoms with Crippen molar-refractivity contribution in [3.63, 3.8) is 0 Å². The lowest BCUT2D eigenvalue weighted by atomic mass is 10.1. The molecule has 0 bridgehead atoms. The summed E-state index contributed by atoms with van der Waals surface area (Å²) in [6.45, 7) is 2.13. The molecule has 2 aromatic rings. The van der Waals surface area contributed by atoms with Gasteiger partial charge in [0.05, 0.1) is 11.8 Å². The Morgan fingerprint density at radius 2 is 1.80 bits per heavy atom. The number of halogens is 3. The molecule has 1 aromatic carbocycles. The molecular weight excluding hydrogens is 333 g/mol. The fourth-order valence-corrected chi connectivity index (χ4v) is 2.86. The third-order valence-corrected chi connectivity index (χ3v) is 4.16. The molecule has 1 amide bonds. The van der Waals surface area contributed by atoms with E-state index in [0.29, 0.717) is 26.2 Å². The van der Waals surface area contributed by atoms with Crippen molar-refractivity contribution in [1.29, 1.82) is 0 Å². The van der Waals surface area contributed by atoms with Crippen LogP contribution in [0.1, 0.15) is 21.6 Å². The van der Waals surface area contributed by atoms with Gasteiger partial charge in [-0.05, 0) is 11.6 Å². The number of hydrogen-bond donors (Lipinski definition) is 0. The van der Waals surface area contributed by atoms with Gasteiger partial charge in [0.25, 0.3) is 5.91 Å². The molecule has 1 aromatic heterocycles. The summed E-state index contributed by atoms with van der Waals surface area (Å²) in [6, 6.07) is 5.60. The Balaban J connectivity index is 1.61.